The van der Waals surface area contributed by atoms with Crippen LogP contribution in [0.4, 0.5) is 11.5 Å². The number of ether oxygens (including phenoxy) is 1. The number of amides is 2. The average molecular weight is 540 g/mol. The zero-order valence-electron chi connectivity index (χ0n) is 23.7. The third-order valence-electron chi connectivity index (χ3n) is 6.32. The van der Waals surface area contributed by atoms with Crippen LogP contribution in [0.25, 0.3) is 10.8 Å². The van der Waals surface area contributed by atoms with E-state index in [0.717, 1.165) is 28.6 Å². The van der Waals surface area contributed by atoms with Gasteiger partial charge in [-0.1, -0.05) is 45.0 Å². The first-order valence-electron chi connectivity index (χ1n) is 13.3. The van der Waals surface area contributed by atoms with Crippen LogP contribution in [0, 0.1) is 0 Å². The number of pyridine rings is 1. The molecule has 0 spiro atoms. The quantitative estimate of drug-likeness (QED) is 0.225. The van der Waals surface area contributed by atoms with Crippen molar-refractivity contribution < 1.29 is 14.3 Å². The van der Waals surface area contributed by atoms with Crippen molar-refractivity contribution in [3.05, 3.63) is 90.1 Å². The second-order valence-corrected chi connectivity index (χ2v) is 11.0. The van der Waals surface area contributed by atoms with Crippen molar-refractivity contribution in [3.63, 3.8) is 0 Å². The molecule has 1 heterocycles. The lowest BCUT2D eigenvalue weighted by atomic mass is 9.87. The Kier molecular flexibility index (Phi) is 9.14. The minimum Gasteiger partial charge on any atom is -0.457 e. The molecule has 4 rings (SSSR count). The van der Waals surface area contributed by atoms with Crippen molar-refractivity contribution in [2.75, 3.05) is 44.4 Å². The van der Waals surface area contributed by atoms with Crippen LogP contribution in [0.15, 0.2) is 79.0 Å². The Bertz CT molecular complexity index is 1490. The number of nitrogens with zero attached hydrogens (tertiary/aromatic N) is 2. The van der Waals surface area contributed by atoms with Crippen LogP contribution in [0.3, 0.4) is 0 Å². The molecule has 0 atom stereocenters. The first-order valence-corrected chi connectivity index (χ1v) is 13.3. The van der Waals surface area contributed by atoms with Crippen molar-refractivity contribution in [1.82, 2.24) is 15.2 Å². The van der Waals surface area contributed by atoms with Crippen molar-refractivity contribution in [2.45, 2.75) is 26.2 Å². The first kappa shape index (κ1) is 28.7. The SMILES string of the molecule is CN(C)CCNCC(=O)Nc1cc(Oc2ccc3ccc(C(=O)Nc4cccc(C(C)(C)C)c4)cc3c2)ccn1. The Morgan fingerprint density at radius 2 is 1.65 bits per heavy atom. The van der Waals surface area contributed by atoms with Gasteiger partial charge in [0.05, 0.1) is 6.54 Å². The maximum Gasteiger partial charge on any atom is 0.255 e. The van der Waals surface area contributed by atoms with Crippen LogP contribution < -0.4 is 20.7 Å². The van der Waals surface area contributed by atoms with Crippen LogP contribution in [0.2, 0.25) is 0 Å². The minimum atomic E-state index is -0.176. The molecule has 0 bridgehead atoms. The highest BCUT2D eigenvalue weighted by molar-refractivity contribution is 6.06. The normalized spacial score (nSPS) is 11.4. The largest absolute Gasteiger partial charge is 0.457 e. The summed E-state index contributed by atoms with van der Waals surface area (Å²) in [7, 11) is 3.97. The Balaban J connectivity index is 1.42. The molecule has 0 aliphatic heterocycles. The number of fused-ring (bicyclic) bond motifs is 1. The molecular formula is C32H37N5O3. The van der Waals surface area contributed by atoms with Crippen molar-refractivity contribution in [2.24, 2.45) is 0 Å². The Hall–Kier alpha value is -4.27. The molecule has 0 saturated carbocycles. The van der Waals surface area contributed by atoms with E-state index < -0.39 is 0 Å². The van der Waals surface area contributed by atoms with Gasteiger partial charge in [0.1, 0.15) is 17.3 Å². The average Bonchev–Trinajstić information content (AvgIpc) is 2.90. The molecule has 0 fully saturated rings. The lowest BCUT2D eigenvalue weighted by Crippen LogP contribution is -2.33. The number of hydrogen-bond acceptors (Lipinski definition) is 6. The zero-order valence-corrected chi connectivity index (χ0v) is 23.7. The van der Waals surface area contributed by atoms with Crippen molar-refractivity contribution in [3.8, 4) is 11.5 Å². The third kappa shape index (κ3) is 8.11. The molecule has 40 heavy (non-hydrogen) atoms. The molecule has 0 aliphatic carbocycles. The highest BCUT2D eigenvalue weighted by Crippen LogP contribution is 2.28. The van der Waals surface area contributed by atoms with E-state index >= 15 is 0 Å². The maximum atomic E-state index is 13.0. The number of nitrogens with one attached hydrogen (secondary N) is 3. The fourth-order valence-electron chi connectivity index (χ4n) is 4.07. The minimum absolute atomic E-state index is 0.00968. The smallest absolute Gasteiger partial charge is 0.255 e. The van der Waals surface area contributed by atoms with Gasteiger partial charge in [-0.3, -0.25) is 9.59 Å². The summed E-state index contributed by atoms with van der Waals surface area (Å²) in [6, 6.07) is 22.6. The number of aromatic nitrogens is 1. The van der Waals surface area contributed by atoms with Crippen LogP contribution in [-0.2, 0) is 10.2 Å². The summed E-state index contributed by atoms with van der Waals surface area (Å²) in [6.07, 6.45) is 1.59. The molecule has 0 aliphatic rings. The third-order valence-corrected chi connectivity index (χ3v) is 6.32. The summed E-state index contributed by atoms with van der Waals surface area (Å²) in [5.74, 6) is 1.21. The zero-order chi connectivity index (χ0) is 28.7. The Morgan fingerprint density at radius 3 is 2.42 bits per heavy atom. The topological polar surface area (TPSA) is 95.6 Å². The molecule has 0 unspecified atom stereocenters. The van der Waals surface area contributed by atoms with Crippen LogP contribution in [-0.4, -0.2) is 55.4 Å². The molecule has 3 aromatic carbocycles. The fraction of sp³-hybridized carbons (Fsp3) is 0.281. The maximum absolute atomic E-state index is 13.0. The molecule has 8 heteroatoms. The summed E-state index contributed by atoms with van der Waals surface area (Å²) in [5.41, 5.74) is 2.46. The molecule has 2 amide bonds. The summed E-state index contributed by atoms with van der Waals surface area (Å²) < 4.78 is 6.06. The van der Waals surface area contributed by atoms with E-state index in [1.807, 2.05) is 73.6 Å². The Labute approximate surface area is 235 Å². The summed E-state index contributed by atoms with van der Waals surface area (Å²) >= 11 is 0. The molecule has 8 nitrogen and oxygen atoms in total. The van der Waals surface area contributed by atoms with Gasteiger partial charge in [0.2, 0.25) is 5.91 Å². The van der Waals surface area contributed by atoms with E-state index in [-0.39, 0.29) is 23.8 Å². The van der Waals surface area contributed by atoms with E-state index in [1.54, 1.807) is 18.3 Å². The summed E-state index contributed by atoms with van der Waals surface area (Å²) in [5, 5.41) is 10.8. The van der Waals surface area contributed by atoms with Crippen LogP contribution in [0.1, 0.15) is 36.7 Å². The van der Waals surface area contributed by atoms with Gasteiger partial charge in [0.25, 0.3) is 5.91 Å². The number of anilines is 2. The number of rotatable bonds is 10. The predicted molar refractivity (Wildman–Crippen MR) is 161 cm³/mol. The molecule has 3 N–H and O–H groups in total. The van der Waals surface area contributed by atoms with E-state index in [9.17, 15) is 9.59 Å². The van der Waals surface area contributed by atoms with Gasteiger partial charge in [-0.15, -0.1) is 0 Å². The number of benzene rings is 3. The second-order valence-electron chi connectivity index (χ2n) is 11.0. The summed E-state index contributed by atoms with van der Waals surface area (Å²) in [4.78, 5) is 31.5. The standard InChI is InChI=1S/C32H37N5O3/c1-32(2,3)25-7-6-8-26(19-25)35-31(39)23-10-9-22-11-12-27(18-24(22)17-23)40-28-13-14-34-29(20-28)36-30(38)21-33-15-16-37(4)5/h6-14,17-20,33H,15-16,21H2,1-5H3,(H,35,39)(H,34,36,38). The van der Waals surface area contributed by atoms with Gasteiger partial charge in [-0.25, -0.2) is 4.98 Å². The van der Waals surface area contributed by atoms with E-state index in [2.05, 4.69) is 47.8 Å². The summed E-state index contributed by atoms with van der Waals surface area (Å²) in [6.45, 7) is 8.19. The van der Waals surface area contributed by atoms with Crippen LogP contribution >= 0.6 is 0 Å². The highest BCUT2D eigenvalue weighted by atomic mass is 16.5. The van der Waals surface area contributed by atoms with Gasteiger partial charge >= 0.3 is 0 Å². The molecule has 4 aromatic rings. The van der Waals surface area contributed by atoms with Gasteiger partial charge in [-0.05, 0) is 78.3 Å². The second kappa shape index (κ2) is 12.7. The number of carbonyl (C=O) groups excluding carboxylic acids is 2. The number of likely N-dealkylation sites (N-methyl/N-ethyl adjacent to an activating group) is 1. The lowest BCUT2D eigenvalue weighted by Gasteiger charge is -2.20. The van der Waals surface area contributed by atoms with E-state index in [0.29, 0.717) is 29.4 Å². The fourth-order valence-corrected chi connectivity index (χ4v) is 4.07. The highest BCUT2D eigenvalue weighted by Gasteiger charge is 2.15. The van der Waals surface area contributed by atoms with Gasteiger partial charge in [-0.2, -0.15) is 0 Å². The van der Waals surface area contributed by atoms with Crippen molar-refractivity contribution in [1.29, 1.82) is 0 Å². The molecular weight excluding hydrogens is 502 g/mol. The molecule has 1 aromatic heterocycles. The predicted octanol–water partition coefficient (Wildman–Crippen LogP) is 5.67. The molecule has 0 saturated heterocycles. The Morgan fingerprint density at radius 1 is 0.875 bits per heavy atom. The first-order chi connectivity index (χ1) is 19.1. The van der Waals surface area contributed by atoms with Gasteiger partial charge in [0.15, 0.2) is 0 Å². The molecule has 0 radical (unpaired) electrons. The van der Waals surface area contributed by atoms with E-state index in [4.69, 9.17) is 4.74 Å². The molecule has 208 valence electrons. The van der Waals surface area contributed by atoms with E-state index in [1.165, 1.54) is 0 Å². The van der Waals surface area contributed by atoms with Gasteiger partial charge < -0.3 is 25.6 Å². The monoisotopic (exact) mass is 539 g/mol. The van der Waals surface area contributed by atoms with Gasteiger partial charge in [0, 0.05) is 36.6 Å². The lowest BCUT2D eigenvalue weighted by molar-refractivity contribution is -0.115. The number of hydrogen-bond donors (Lipinski definition) is 3. The number of carbonyl (C=O) groups is 2. The van der Waals surface area contributed by atoms with Crippen LogP contribution in [0.5, 0.6) is 11.5 Å². The van der Waals surface area contributed by atoms with Crippen molar-refractivity contribution >= 4 is 34.1 Å².